The fraction of sp³-hybridized carbons (Fsp3) is 0.348. The van der Waals surface area contributed by atoms with Gasteiger partial charge < -0.3 is 15.2 Å². The third-order valence-corrected chi connectivity index (χ3v) is 7.41. The second kappa shape index (κ2) is 9.13. The zero-order chi connectivity index (χ0) is 24.5. The standard InChI is InChI=1S/C23H23F2N3O5S/c24-23(25)12-16(13-23)22(31)28-9-7-19-15(14-28)11-18(21(30)27-19)20(29)26-8-4-10-34(32,33)17-5-2-1-3-6-17/h1-6,10-11,16H,7-9,12-14H2,(H,26,29)(H,27,30)/b10-4+. The van der Waals surface area contributed by atoms with Crippen molar-refractivity contribution in [2.75, 3.05) is 13.1 Å². The Morgan fingerprint density at radius 2 is 1.91 bits per heavy atom. The number of pyridine rings is 1. The first-order valence-corrected chi connectivity index (χ1v) is 12.3. The predicted molar refractivity (Wildman–Crippen MR) is 119 cm³/mol. The van der Waals surface area contributed by atoms with Gasteiger partial charge in [-0.1, -0.05) is 24.3 Å². The maximum Gasteiger partial charge on any atom is 0.261 e. The van der Waals surface area contributed by atoms with E-state index >= 15 is 0 Å². The number of nitrogens with one attached hydrogen (secondary N) is 2. The Morgan fingerprint density at radius 1 is 1.21 bits per heavy atom. The summed E-state index contributed by atoms with van der Waals surface area (Å²) in [6.07, 6.45) is 0.701. The number of alkyl halides is 2. The number of fused-ring (bicyclic) bond motifs is 1. The van der Waals surface area contributed by atoms with Crippen LogP contribution in [0, 0.1) is 5.92 Å². The highest BCUT2D eigenvalue weighted by Gasteiger charge is 2.50. The predicted octanol–water partition coefficient (Wildman–Crippen LogP) is 2.02. The molecule has 11 heteroatoms. The van der Waals surface area contributed by atoms with Gasteiger partial charge in [0.1, 0.15) is 5.56 Å². The minimum atomic E-state index is -3.65. The molecule has 2 amide bonds. The summed E-state index contributed by atoms with van der Waals surface area (Å²) in [5, 5.41) is 3.46. The number of aromatic amines is 1. The molecule has 4 rings (SSSR count). The van der Waals surface area contributed by atoms with Gasteiger partial charge in [0.25, 0.3) is 11.5 Å². The summed E-state index contributed by atoms with van der Waals surface area (Å²) in [7, 11) is -3.65. The van der Waals surface area contributed by atoms with E-state index in [1.807, 2.05) is 0 Å². The van der Waals surface area contributed by atoms with Gasteiger partial charge >= 0.3 is 0 Å². The first-order valence-electron chi connectivity index (χ1n) is 10.7. The number of benzene rings is 1. The number of rotatable bonds is 6. The molecule has 1 aliphatic carbocycles. The van der Waals surface area contributed by atoms with Crippen molar-refractivity contribution >= 4 is 21.7 Å². The van der Waals surface area contributed by atoms with Crippen molar-refractivity contribution in [3.05, 3.63) is 75.1 Å². The van der Waals surface area contributed by atoms with Crippen LogP contribution in [-0.2, 0) is 27.6 Å². The molecule has 2 aliphatic rings. The van der Waals surface area contributed by atoms with Crippen molar-refractivity contribution in [3.63, 3.8) is 0 Å². The Kier molecular flexibility index (Phi) is 6.39. The van der Waals surface area contributed by atoms with Crippen molar-refractivity contribution in [2.45, 2.75) is 36.6 Å². The molecule has 0 atom stereocenters. The number of hydrogen-bond donors (Lipinski definition) is 2. The minimum absolute atomic E-state index is 0.114. The molecule has 180 valence electrons. The number of nitrogens with zero attached hydrogens (tertiary/aromatic N) is 1. The van der Waals surface area contributed by atoms with Gasteiger partial charge in [-0.15, -0.1) is 0 Å². The summed E-state index contributed by atoms with van der Waals surface area (Å²) in [5.41, 5.74) is 0.383. The third-order valence-electron chi connectivity index (χ3n) is 5.93. The third kappa shape index (κ3) is 5.09. The van der Waals surface area contributed by atoms with Gasteiger partial charge in [0.2, 0.25) is 11.8 Å². The van der Waals surface area contributed by atoms with Crippen LogP contribution in [0.25, 0.3) is 0 Å². The van der Waals surface area contributed by atoms with E-state index in [0.29, 0.717) is 24.2 Å². The SMILES string of the molecule is O=C(NC/C=C/S(=O)(=O)c1ccccc1)c1cc2c([nH]c1=O)CCN(C(=O)C1CC(F)(F)C1)C2. The van der Waals surface area contributed by atoms with E-state index in [4.69, 9.17) is 0 Å². The lowest BCUT2D eigenvalue weighted by atomic mass is 9.80. The van der Waals surface area contributed by atoms with Crippen molar-refractivity contribution in [2.24, 2.45) is 5.92 Å². The lowest BCUT2D eigenvalue weighted by molar-refractivity contribution is -0.160. The van der Waals surface area contributed by atoms with Crippen LogP contribution in [0.5, 0.6) is 0 Å². The van der Waals surface area contributed by atoms with Crippen LogP contribution < -0.4 is 10.9 Å². The molecular formula is C23H23F2N3O5S. The molecule has 2 N–H and O–H groups in total. The number of H-pyrrole nitrogens is 1. The van der Waals surface area contributed by atoms with Crippen LogP contribution in [0.15, 0.2) is 57.6 Å². The zero-order valence-electron chi connectivity index (χ0n) is 18.1. The van der Waals surface area contributed by atoms with Crippen LogP contribution in [0.4, 0.5) is 8.78 Å². The smallest absolute Gasteiger partial charge is 0.261 e. The topological polar surface area (TPSA) is 116 Å². The van der Waals surface area contributed by atoms with E-state index in [1.165, 1.54) is 29.2 Å². The van der Waals surface area contributed by atoms with E-state index in [9.17, 15) is 31.6 Å². The van der Waals surface area contributed by atoms with E-state index in [0.717, 1.165) is 5.41 Å². The van der Waals surface area contributed by atoms with Gasteiger partial charge in [0.05, 0.1) is 4.90 Å². The average Bonchev–Trinajstić information content (AvgIpc) is 2.79. The molecule has 2 heterocycles. The van der Waals surface area contributed by atoms with Crippen LogP contribution in [0.3, 0.4) is 0 Å². The maximum absolute atomic E-state index is 13.1. The minimum Gasteiger partial charge on any atom is -0.348 e. The number of halogens is 2. The lowest BCUT2D eigenvalue weighted by Crippen LogP contribution is -2.48. The van der Waals surface area contributed by atoms with Crippen molar-refractivity contribution in [3.8, 4) is 0 Å². The Bertz CT molecular complexity index is 1300. The Balaban J connectivity index is 1.40. The fourth-order valence-electron chi connectivity index (χ4n) is 4.07. The Hall–Kier alpha value is -3.34. The molecule has 1 saturated carbocycles. The summed E-state index contributed by atoms with van der Waals surface area (Å²) in [5.74, 6) is -4.55. The second-order valence-electron chi connectivity index (χ2n) is 8.43. The highest BCUT2D eigenvalue weighted by atomic mass is 32.2. The summed E-state index contributed by atoms with van der Waals surface area (Å²) in [6.45, 7) is 0.292. The molecule has 34 heavy (non-hydrogen) atoms. The molecule has 0 spiro atoms. The van der Waals surface area contributed by atoms with E-state index in [-0.39, 0.29) is 29.5 Å². The van der Waals surface area contributed by atoms with Crippen LogP contribution in [-0.4, -0.2) is 49.1 Å². The maximum atomic E-state index is 13.1. The molecule has 0 unspecified atom stereocenters. The second-order valence-corrected chi connectivity index (χ2v) is 10.3. The van der Waals surface area contributed by atoms with Gasteiger partial charge in [-0.05, 0) is 23.8 Å². The highest BCUT2D eigenvalue weighted by molar-refractivity contribution is 7.94. The molecule has 1 fully saturated rings. The summed E-state index contributed by atoms with van der Waals surface area (Å²) >= 11 is 0. The molecule has 0 saturated heterocycles. The first kappa shape index (κ1) is 23.8. The monoisotopic (exact) mass is 491 g/mol. The number of sulfone groups is 1. The van der Waals surface area contributed by atoms with Crippen molar-refractivity contribution in [1.82, 2.24) is 15.2 Å². The largest absolute Gasteiger partial charge is 0.348 e. The van der Waals surface area contributed by atoms with Crippen LogP contribution in [0.2, 0.25) is 0 Å². The summed E-state index contributed by atoms with van der Waals surface area (Å²) in [4.78, 5) is 41.6. The van der Waals surface area contributed by atoms with Gasteiger partial charge in [-0.2, -0.15) is 0 Å². The average molecular weight is 492 g/mol. The van der Waals surface area contributed by atoms with Crippen molar-refractivity contribution in [1.29, 1.82) is 0 Å². The number of aromatic nitrogens is 1. The van der Waals surface area contributed by atoms with E-state index in [2.05, 4.69) is 10.3 Å². The van der Waals surface area contributed by atoms with E-state index in [1.54, 1.807) is 18.2 Å². The molecule has 0 radical (unpaired) electrons. The number of carbonyl (C=O) groups is 2. The van der Waals surface area contributed by atoms with Gasteiger partial charge in [0.15, 0.2) is 9.84 Å². The molecule has 1 aromatic heterocycles. The number of hydrogen-bond acceptors (Lipinski definition) is 5. The Morgan fingerprint density at radius 3 is 2.59 bits per heavy atom. The first-order chi connectivity index (χ1) is 16.1. The molecule has 1 aromatic carbocycles. The normalized spacial score (nSPS) is 17.8. The highest BCUT2D eigenvalue weighted by Crippen LogP contribution is 2.43. The number of amides is 2. The van der Waals surface area contributed by atoms with Gasteiger partial charge in [-0.25, -0.2) is 17.2 Å². The summed E-state index contributed by atoms with van der Waals surface area (Å²) < 4.78 is 50.7. The van der Waals surface area contributed by atoms with E-state index < -0.39 is 46.0 Å². The quantitative estimate of drug-likeness (QED) is 0.642. The lowest BCUT2D eigenvalue weighted by Gasteiger charge is -2.38. The molecular weight excluding hydrogens is 468 g/mol. The zero-order valence-corrected chi connectivity index (χ0v) is 18.9. The molecule has 0 bridgehead atoms. The summed E-state index contributed by atoms with van der Waals surface area (Å²) in [6, 6.07) is 9.19. The van der Waals surface area contributed by atoms with Crippen LogP contribution in [0.1, 0.15) is 34.5 Å². The fourth-order valence-corrected chi connectivity index (χ4v) is 5.11. The Labute approximate surface area is 194 Å². The van der Waals surface area contributed by atoms with Gasteiger partial charge in [-0.3, -0.25) is 14.4 Å². The van der Waals surface area contributed by atoms with Crippen LogP contribution >= 0.6 is 0 Å². The molecule has 8 nitrogen and oxygen atoms in total. The van der Waals surface area contributed by atoms with Crippen molar-refractivity contribution < 1.29 is 26.8 Å². The van der Waals surface area contributed by atoms with Gasteiger partial charge in [0, 0.05) is 55.9 Å². The molecule has 2 aromatic rings. The molecule has 1 aliphatic heterocycles. The number of carbonyl (C=O) groups excluding carboxylic acids is 2.